The number of carbonyl (C=O) groups is 1. The highest BCUT2D eigenvalue weighted by molar-refractivity contribution is 5.87. The normalized spacial score (nSPS) is 51.0. The minimum Gasteiger partial charge on any atom is -0.389 e. The average molecular weight is 274 g/mol. The van der Waals surface area contributed by atoms with Crippen LogP contribution in [0.4, 0.5) is 0 Å². The fourth-order valence-corrected chi connectivity index (χ4v) is 5.89. The molecule has 0 aromatic heterocycles. The maximum atomic E-state index is 12.3. The number of rotatable bonds is 0. The largest absolute Gasteiger partial charge is 0.389 e. The Balaban J connectivity index is 1.71. The van der Waals surface area contributed by atoms with Gasteiger partial charge in [-0.25, -0.2) is 0 Å². The molecular weight excluding hydrogens is 248 g/mol. The van der Waals surface area contributed by atoms with E-state index >= 15 is 0 Å². The van der Waals surface area contributed by atoms with Crippen molar-refractivity contribution < 1.29 is 9.90 Å². The number of Topliss-reactive ketones (excluding diaryl/α,β-unsaturated/α-hetero) is 1. The Labute approximate surface area is 121 Å². The summed E-state index contributed by atoms with van der Waals surface area (Å²) in [5.41, 5.74) is 1.03. The van der Waals surface area contributed by atoms with Crippen LogP contribution in [0.5, 0.6) is 0 Å². The van der Waals surface area contributed by atoms with E-state index < -0.39 is 5.60 Å². The molecule has 0 bridgehead atoms. The zero-order valence-electron chi connectivity index (χ0n) is 12.5. The van der Waals surface area contributed by atoms with Crippen LogP contribution in [-0.2, 0) is 4.79 Å². The highest BCUT2D eigenvalue weighted by Crippen LogP contribution is 2.59. The lowest BCUT2D eigenvalue weighted by Gasteiger charge is -2.53. The third-order valence-corrected chi connectivity index (χ3v) is 7.11. The maximum absolute atomic E-state index is 12.3. The van der Waals surface area contributed by atoms with Crippen LogP contribution in [0.1, 0.15) is 64.7 Å². The molecule has 0 aromatic carbocycles. The van der Waals surface area contributed by atoms with Crippen LogP contribution in [0.25, 0.3) is 0 Å². The number of aliphatic hydroxyl groups is 1. The van der Waals surface area contributed by atoms with Crippen LogP contribution >= 0.6 is 0 Å². The first-order valence-electron chi connectivity index (χ1n) is 8.50. The molecule has 4 aliphatic carbocycles. The maximum Gasteiger partial charge on any atom is 0.139 e. The summed E-state index contributed by atoms with van der Waals surface area (Å²) in [4.78, 5) is 12.3. The SMILES string of the molecule is C[C@]12CC=C3[C@@H](CC[C@@]4(O)CCCC[C@H]34)[C@@H]1CCC2=O. The second-order valence-corrected chi connectivity index (χ2v) is 7.94. The van der Waals surface area contributed by atoms with E-state index in [9.17, 15) is 9.90 Å². The van der Waals surface area contributed by atoms with E-state index in [-0.39, 0.29) is 5.41 Å². The van der Waals surface area contributed by atoms with E-state index in [0.29, 0.717) is 23.5 Å². The van der Waals surface area contributed by atoms with Gasteiger partial charge in [0, 0.05) is 17.8 Å². The summed E-state index contributed by atoms with van der Waals surface area (Å²) in [5, 5.41) is 11.0. The van der Waals surface area contributed by atoms with Gasteiger partial charge in [-0.3, -0.25) is 4.79 Å². The van der Waals surface area contributed by atoms with Gasteiger partial charge in [-0.1, -0.05) is 31.4 Å². The topological polar surface area (TPSA) is 37.3 Å². The van der Waals surface area contributed by atoms with Crippen molar-refractivity contribution in [2.45, 2.75) is 70.3 Å². The molecular formula is C18H26O2. The summed E-state index contributed by atoms with van der Waals surface area (Å²) >= 11 is 0. The molecule has 0 spiro atoms. The van der Waals surface area contributed by atoms with Crippen molar-refractivity contribution in [2.75, 3.05) is 0 Å². The van der Waals surface area contributed by atoms with Crippen molar-refractivity contribution in [3.8, 4) is 0 Å². The molecule has 2 heteroatoms. The second-order valence-electron chi connectivity index (χ2n) is 7.94. The van der Waals surface area contributed by atoms with Gasteiger partial charge in [0.1, 0.15) is 5.78 Å². The van der Waals surface area contributed by atoms with E-state index in [4.69, 9.17) is 0 Å². The molecule has 0 radical (unpaired) electrons. The Hall–Kier alpha value is -0.630. The molecule has 4 aliphatic rings. The molecule has 0 amide bonds. The van der Waals surface area contributed by atoms with Crippen LogP contribution in [0.2, 0.25) is 0 Å². The molecule has 3 saturated carbocycles. The summed E-state index contributed by atoms with van der Waals surface area (Å²) in [5.74, 6) is 2.03. The van der Waals surface area contributed by atoms with Gasteiger partial charge in [-0.2, -0.15) is 0 Å². The first-order chi connectivity index (χ1) is 9.55. The standard InChI is InChI=1S/C18H26O2/c1-17-10-7-13-12(14(17)5-6-16(17)19)8-11-18(20)9-3-2-4-15(13)18/h7,12,14-15,20H,2-6,8-11H2,1H3/t12-,14+,15-,17+,18+/m1/s1. The fraction of sp³-hybridized carbons (Fsp3) is 0.833. The van der Waals surface area contributed by atoms with Crippen LogP contribution in [0, 0.1) is 23.2 Å². The molecule has 5 atom stereocenters. The van der Waals surface area contributed by atoms with Gasteiger partial charge in [0.25, 0.3) is 0 Å². The van der Waals surface area contributed by atoms with Gasteiger partial charge in [0.15, 0.2) is 0 Å². The highest BCUT2D eigenvalue weighted by Gasteiger charge is 2.56. The van der Waals surface area contributed by atoms with Crippen LogP contribution in [-0.4, -0.2) is 16.5 Å². The van der Waals surface area contributed by atoms with Crippen molar-refractivity contribution in [2.24, 2.45) is 23.2 Å². The van der Waals surface area contributed by atoms with Crippen molar-refractivity contribution in [3.63, 3.8) is 0 Å². The number of carbonyl (C=O) groups excluding carboxylic acids is 1. The van der Waals surface area contributed by atoms with Gasteiger partial charge in [-0.15, -0.1) is 0 Å². The van der Waals surface area contributed by atoms with Crippen molar-refractivity contribution in [1.29, 1.82) is 0 Å². The molecule has 0 heterocycles. The van der Waals surface area contributed by atoms with Gasteiger partial charge >= 0.3 is 0 Å². The molecule has 0 aliphatic heterocycles. The zero-order chi connectivity index (χ0) is 14.0. The number of allylic oxidation sites excluding steroid dienone is 1. The Morgan fingerprint density at radius 2 is 2.05 bits per heavy atom. The van der Waals surface area contributed by atoms with Gasteiger partial charge in [-0.05, 0) is 50.4 Å². The molecule has 0 saturated heterocycles. The first kappa shape index (κ1) is 13.1. The molecule has 2 nitrogen and oxygen atoms in total. The fourth-order valence-electron chi connectivity index (χ4n) is 5.89. The van der Waals surface area contributed by atoms with Gasteiger partial charge < -0.3 is 5.11 Å². The van der Waals surface area contributed by atoms with Crippen LogP contribution < -0.4 is 0 Å². The third kappa shape index (κ3) is 1.57. The zero-order valence-corrected chi connectivity index (χ0v) is 12.5. The molecule has 1 N–H and O–H groups in total. The van der Waals surface area contributed by atoms with Crippen molar-refractivity contribution in [1.82, 2.24) is 0 Å². The van der Waals surface area contributed by atoms with Crippen LogP contribution in [0.3, 0.4) is 0 Å². The summed E-state index contributed by atoms with van der Waals surface area (Å²) < 4.78 is 0. The lowest BCUT2D eigenvalue weighted by atomic mass is 9.53. The molecule has 4 rings (SSSR count). The predicted molar refractivity (Wildman–Crippen MR) is 78.2 cm³/mol. The smallest absolute Gasteiger partial charge is 0.139 e. The predicted octanol–water partition coefficient (Wildman–Crippen LogP) is 3.63. The summed E-state index contributed by atoms with van der Waals surface area (Å²) in [6, 6.07) is 0. The first-order valence-corrected chi connectivity index (χ1v) is 8.50. The number of hydrogen-bond donors (Lipinski definition) is 1. The van der Waals surface area contributed by atoms with E-state index in [1.54, 1.807) is 0 Å². The minimum absolute atomic E-state index is 0.0850. The number of fused-ring (bicyclic) bond motifs is 5. The Kier molecular flexibility index (Phi) is 2.74. The second kappa shape index (κ2) is 4.19. The summed E-state index contributed by atoms with van der Waals surface area (Å²) in [7, 11) is 0. The third-order valence-electron chi connectivity index (χ3n) is 7.11. The van der Waals surface area contributed by atoms with Crippen molar-refractivity contribution >= 4 is 5.78 Å². The van der Waals surface area contributed by atoms with E-state index in [2.05, 4.69) is 13.0 Å². The van der Waals surface area contributed by atoms with Gasteiger partial charge in [0.2, 0.25) is 0 Å². The number of ketones is 1. The molecule has 0 unspecified atom stereocenters. The lowest BCUT2D eigenvalue weighted by Crippen LogP contribution is -2.50. The summed E-state index contributed by atoms with van der Waals surface area (Å²) in [6.07, 6.45) is 11.8. The molecule has 20 heavy (non-hydrogen) atoms. The Morgan fingerprint density at radius 3 is 2.90 bits per heavy atom. The highest BCUT2D eigenvalue weighted by atomic mass is 16.3. The minimum atomic E-state index is -0.420. The molecule has 110 valence electrons. The number of hydrogen-bond acceptors (Lipinski definition) is 2. The Bertz CT molecular complexity index is 480. The average Bonchev–Trinajstić information content (AvgIpc) is 2.74. The quantitative estimate of drug-likeness (QED) is 0.685. The van der Waals surface area contributed by atoms with Gasteiger partial charge in [0.05, 0.1) is 5.60 Å². The van der Waals surface area contributed by atoms with Crippen molar-refractivity contribution in [3.05, 3.63) is 11.6 Å². The van der Waals surface area contributed by atoms with Crippen LogP contribution in [0.15, 0.2) is 11.6 Å². The lowest BCUT2D eigenvalue weighted by molar-refractivity contribution is -0.128. The monoisotopic (exact) mass is 274 g/mol. The van der Waals surface area contributed by atoms with E-state index in [0.717, 1.165) is 44.9 Å². The molecule has 0 aromatic rings. The Morgan fingerprint density at radius 1 is 1.20 bits per heavy atom. The molecule has 3 fully saturated rings. The van der Waals surface area contributed by atoms with E-state index in [1.807, 2.05) is 0 Å². The van der Waals surface area contributed by atoms with E-state index in [1.165, 1.54) is 18.4 Å². The summed E-state index contributed by atoms with van der Waals surface area (Å²) in [6.45, 7) is 2.20.